The molecule has 0 aromatic heterocycles. The molecule has 72 valence electrons. The summed E-state index contributed by atoms with van der Waals surface area (Å²) in [5.74, 6) is 0.299. The number of carboxylic acids is 1. The van der Waals surface area contributed by atoms with Gasteiger partial charge in [-0.3, -0.25) is 4.79 Å². The first-order valence-corrected chi connectivity index (χ1v) is 5.26. The number of rotatable bonds is 7. The first-order chi connectivity index (χ1) is 5.70. The van der Waals surface area contributed by atoms with Crippen molar-refractivity contribution in [3.8, 4) is 0 Å². The largest absolute Gasteiger partial charge is 0.481 e. The number of hydrogen-bond donors (Lipinski definition) is 2. The van der Waals surface area contributed by atoms with E-state index >= 15 is 0 Å². The second kappa shape index (κ2) is 7.43. The quantitative estimate of drug-likeness (QED) is 0.473. The maximum atomic E-state index is 10.3. The molecule has 4 heteroatoms. The van der Waals surface area contributed by atoms with Crippen molar-refractivity contribution in [1.29, 1.82) is 0 Å². The molecular formula is C8H17NO2S. The van der Waals surface area contributed by atoms with Gasteiger partial charge in [0.2, 0.25) is 0 Å². The van der Waals surface area contributed by atoms with Crippen LogP contribution in [0.25, 0.3) is 0 Å². The van der Waals surface area contributed by atoms with Gasteiger partial charge in [-0.2, -0.15) is 0 Å². The molecule has 0 aliphatic heterocycles. The van der Waals surface area contributed by atoms with E-state index in [4.69, 9.17) is 5.11 Å². The van der Waals surface area contributed by atoms with Crippen LogP contribution in [0, 0.1) is 0 Å². The SMILES string of the molecule is CCCCSC(CC(=O)O)NC. The molecule has 0 aliphatic carbocycles. The summed E-state index contributed by atoms with van der Waals surface area (Å²) in [5, 5.41) is 11.6. The van der Waals surface area contributed by atoms with Crippen LogP contribution < -0.4 is 5.32 Å². The van der Waals surface area contributed by atoms with Crippen LogP contribution in [0.1, 0.15) is 26.2 Å². The molecular weight excluding hydrogens is 174 g/mol. The van der Waals surface area contributed by atoms with E-state index in [9.17, 15) is 4.79 Å². The molecule has 1 unspecified atom stereocenters. The smallest absolute Gasteiger partial charge is 0.305 e. The van der Waals surface area contributed by atoms with Crippen LogP contribution in [0.2, 0.25) is 0 Å². The van der Waals surface area contributed by atoms with Crippen molar-refractivity contribution < 1.29 is 9.90 Å². The molecule has 12 heavy (non-hydrogen) atoms. The molecule has 0 rings (SSSR count). The van der Waals surface area contributed by atoms with Gasteiger partial charge in [0.05, 0.1) is 11.8 Å². The average Bonchev–Trinajstić information content (AvgIpc) is 2.02. The molecule has 1 atom stereocenters. The average molecular weight is 191 g/mol. The Morgan fingerprint density at radius 3 is 2.75 bits per heavy atom. The molecule has 0 radical (unpaired) electrons. The molecule has 0 heterocycles. The molecule has 3 nitrogen and oxygen atoms in total. The summed E-state index contributed by atoms with van der Waals surface area (Å²) in [7, 11) is 1.80. The van der Waals surface area contributed by atoms with Crippen molar-refractivity contribution >= 4 is 17.7 Å². The number of thioether (sulfide) groups is 1. The molecule has 0 aromatic carbocycles. The minimum atomic E-state index is -0.738. The molecule has 0 amide bonds. The van der Waals surface area contributed by atoms with Gasteiger partial charge >= 0.3 is 5.97 Å². The standard InChI is InChI=1S/C8H17NO2S/c1-3-4-5-12-7(9-2)6-8(10)11/h7,9H,3-6H2,1-2H3,(H,10,11). The van der Waals surface area contributed by atoms with E-state index in [0.717, 1.165) is 18.6 Å². The lowest BCUT2D eigenvalue weighted by atomic mass is 10.4. The van der Waals surface area contributed by atoms with E-state index in [-0.39, 0.29) is 11.8 Å². The normalized spacial score (nSPS) is 12.8. The molecule has 0 fully saturated rings. The van der Waals surface area contributed by atoms with Crippen LogP contribution in [-0.4, -0.2) is 29.3 Å². The second-order valence-electron chi connectivity index (χ2n) is 2.60. The summed E-state index contributed by atoms with van der Waals surface area (Å²) in [6.07, 6.45) is 2.52. The Hall–Kier alpha value is -0.220. The van der Waals surface area contributed by atoms with Crippen molar-refractivity contribution in [3.63, 3.8) is 0 Å². The first-order valence-electron chi connectivity index (χ1n) is 4.21. The van der Waals surface area contributed by atoms with Gasteiger partial charge in [-0.05, 0) is 19.2 Å². The monoisotopic (exact) mass is 191 g/mol. The lowest BCUT2D eigenvalue weighted by Crippen LogP contribution is -2.24. The van der Waals surface area contributed by atoms with Gasteiger partial charge in [0, 0.05) is 0 Å². The molecule has 2 N–H and O–H groups in total. The Balaban J connectivity index is 3.46. The Bertz CT molecular complexity index is 130. The highest BCUT2D eigenvalue weighted by Crippen LogP contribution is 2.13. The highest BCUT2D eigenvalue weighted by atomic mass is 32.2. The molecule has 0 bridgehead atoms. The van der Waals surface area contributed by atoms with Crippen LogP contribution in [0.4, 0.5) is 0 Å². The van der Waals surface area contributed by atoms with Crippen molar-refractivity contribution in [3.05, 3.63) is 0 Å². The molecule has 0 aromatic rings. The zero-order chi connectivity index (χ0) is 9.40. The number of hydrogen-bond acceptors (Lipinski definition) is 3. The highest BCUT2D eigenvalue weighted by molar-refractivity contribution is 7.99. The summed E-state index contributed by atoms with van der Waals surface area (Å²) in [6, 6.07) is 0. The summed E-state index contributed by atoms with van der Waals surface area (Å²) in [5.41, 5.74) is 0. The first kappa shape index (κ1) is 11.8. The maximum absolute atomic E-state index is 10.3. The van der Waals surface area contributed by atoms with E-state index in [2.05, 4.69) is 12.2 Å². The van der Waals surface area contributed by atoms with Gasteiger partial charge in [0.25, 0.3) is 0 Å². The Kier molecular flexibility index (Phi) is 7.29. The number of carbonyl (C=O) groups is 1. The number of nitrogens with one attached hydrogen (secondary N) is 1. The van der Waals surface area contributed by atoms with Gasteiger partial charge < -0.3 is 10.4 Å². The van der Waals surface area contributed by atoms with Gasteiger partial charge in [-0.15, -0.1) is 11.8 Å². The van der Waals surface area contributed by atoms with E-state index in [1.807, 2.05) is 0 Å². The minimum absolute atomic E-state index is 0.0639. The van der Waals surface area contributed by atoms with E-state index < -0.39 is 5.97 Å². The third-order valence-electron chi connectivity index (χ3n) is 1.50. The number of carboxylic acid groups (broad SMARTS) is 1. The number of unbranched alkanes of at least 4 members (excludes halogenated alkanes) is 1. The van der Waals surface area contributed by atoms with E-state index in [0.29, 0.717) is 0 Å². The van der Waals surface area contributed by atoms with Crippen molar-refractivity contribution in [2.45, 2.75) is 31.6 Å². The Morgan fingerprint density at radius 2 is 2.33 bits per heavy atom. The topological polar surface area (TPSA) is 49.3 Å². The minimum Gasteiger partial charge on any atom is -0.481 e. The molecule has 0 saturated carbocycles. The highest BCUT2D eigenvalue weighted by Gasteiger charge is 2.09. The van der Waals surface area contributed by atoms with Crippen molar-refractivity contribution in [2.24, 2.45) is 0 Å². The third-order valence-corrected chi connectivity index (χ3v) is 2.83. The Labute approximate surface area is 77.9 Å². The zero-order valence-electron chi connectivity index (χ0n) is 7.67. The van der Waals surface area contributed by atoms with Crippen LogP contribution in [0.15, 0.2) is 0 Å². The van der Waals surface area contributed by atoms with Crippen molar-refractivity contribution in [2.75, 3.05) is 12.8 Å². The fourth-order valence-electron chi connectivity index (χ4n) is 0.773. The van der Waals surface area contributed by atoms with E-state index in [1.54, 1.807) is 18.8 Å². The lowest BCUT2D eigenvalue weighted by molar-refractivity contribution is -0.137. The van der Waals surface area contributed by atoms with E-state index in [1.165, 1.54) is 0 Å². The molecule has 0 spiro atoms. The zero-order valence-corrected chi connectivity index (χ0v) is 8.49. The maximum Gasteiger partial charge on any atom is 0.305 e. The lowest BCUT2D eigenvalue weighted by Gasteiger charge is -2.12. The predicted molar refractivity (Wildman–Crippen MR) is 52.5 cm³/mol. The Morgan fingerprint density at radius 1 is 1.67 bits per heavy atom. The van der Waals surface area contributed by atoms with Gasteiger partial charge in [0.15, 0.2) is 0 Å². The van der Waals surface area contributed by atoms with Gasteiger partial charge in [-0.25, -0.2) is 0 Å². The van der Waals surface area contributed by atoms with Crippen LogP contribution >= 0.6 is 11.8 Å². The summed E-state index contributed by atoms with van der Waals surface area (Å²) >= 11 is 1.68. The van der Waals surface area contributed by atoms with Crippen LogP contribution in [0.5, 0.6) is 0 Å². The van der Waals surface area contributed by atoms with Crippen LogP contribution in [0.3, 0.4) is 0 Å². The summed E-state index contributed by atoms with van der Waals surface area (Å²) in [4.78, 5) is 10.3. The molecule has 0 aliphatic rings. The number of aliphatic carboxylic acids is 1. The fourth-order valence-corrected chi connectivity index (χ4v) is 1.94. The summed E-state index contributed by atoms with van der Waals surface area (Å²) in [6.45, 7) is 2.13. The predicted octanol–water partition coefficient (Wildman–Crippen LogP) is 1.54. The second-order valence-corrected chi connectivity index (χ2v) is 3.91. The molecule has 0 saturated heterocycles. The van der Waals surface area contributed by atoms with Crippen molar-refractivity contribution in [1.82, 2.24) is 5.32 Å². The summed E-state index contributed by atoms with van der Waals surface area (Å²) < 4.78 is 0. The third kappa shape index (κ3) is 6.49. The fraction of sp³-hybridized carbons (Fsp3) is 0.875. The van der Waals surface area contributed by atoms with Gasteiger partial charge in [0.1, 0.15) is 0 Å². The van der Waals surface area contributed by atoms with Crippen LogP contribution in [-0.2, 0) is 4.79 Å². The van der Waals surface area contributed by atoms with Gasteiger partial charge in [-0.1, -0.05) is 13.3 Å².